The van der Waals surface area contributed by atoms with Gasteiger partial charge < -0.3 is 0 Å². The van der Waals surface area contributed by atoms with Gasteiger partial charge in [-0.2, -0.15) is 0 Å². The summed E-state index contributed by atoms with van der Waals surface area (Å²) >= 11 is 0. The first-order valence-electron chi connectivity index (χ1n) is 7.65. The first-order valence-corrected chi connectivity index (χ1v) is 7.65. The standard InChI is InChI=1S/C15H26F2N2/c16-15(17)10-8-13(9-11-15)14(19-18)12-6-4-2-1-3-5-7-12/h6,13-14,19H,1-5,7-11,18H2. The van der Waals surface area contributed by atoms with Gasteiger partial charge >= 0.3 is 0 Å². The average molecular weight is 272 g/mol. The monoisotopic (exact) mass is 272 g/mol. The number of hydrogen-bond acceptors (Lipinski definition) is 2. The van der Waals surface area contributed by atoms with Crippen molar-refractivity contribution in [2.45, 2.75) is 76.2 Å². The van der Waals surface area contributed by atoms with E-state index in [0.717, 1.165) is 12.8 Å². The van der Waals surface area contributed by atoms with Gasteiger partial charge in [-0.15, -0.1) is 0 Å². The average Bonchev–Trinajstić information content (AvgIpc) is 2.34. The minimum Gasteiger partial charge on any atom is -0.271 e. The highest BCUT2D eigenvalue weighted by Crippen LogP contribution is 2.39. The number of allylic oxidation sites excluding steroid dienone is 1. The molecule has 0 bridgehead atoms. The van der Waals surface area contributed by atoms with Gasteiger partial charge in [-0.25, -0.2) is 8.78 Å². The van der Waals surface area contributed by atoms with Crippen LogP contribution in [0.25, 0.3) is 0 Å². The van der Waals surface area contributed by atoms with Crippen LogP contribution in [0.3, 0.4) is 0 Å². The molecule has 0 aliphatic heterocycles. The van der Waals surface area contributed by atoms with Gasteiger partial charge in [-0.1, -0.05) is 24.5 Å². The fourth-order valence-corrected chi connectivity index (χ4v) is 3.44. The van der Waals surface area contributed by atoms with E-state index in [9.17, 15) is 8.78 Å². The third kappa shape index (κ3) is 4.25. The van der Waals surface area contributed by atoms with Crippen LogP contribution < -0.4 is 11.3 Å². The van der Waals surface area contributed by atoms with Crippen LogP contribution in [0, 0.1) is 5.92 Å². The molecule has 0 amide bonds. The molecular formula is C15H26F2N2. The van der Waals surface area contributed by atoms with Gasteiger partial charge in [0.15, 0.2) is 0 Å². The van der Waals surface area contributed by atoms with Crippen molar-refractivity contribution < 1.29 is 8.78 Å². The van der Waals surface area contributed by atoms with Crippen molar-refractivity contribution in [2.24, 2.45) is 11.8 Å². The van der Waals surface area contributed by atoms with Gasteiger partial charge in [-0.05, 0) is 44.4 Å². The maximum atomic E-state index is 13.2. The van der Waals surface area contributed by atoms with E-state index in [4.69, 9.17) is 5.84 Å². The van der Waals surface area contributed by atoms with Gasteiger partial charge in [-0.3, -0.25) is 11.3 Å². The lowest BCUT2D eigenvalue weighted by Crippen LogP contribution is -2.44. The molecular weight excluding hydrogens is 246 g/mol. The molecule has 0 spiro atoms. The number of alkyl halides is 2. The molecule has 0 heterocycles. The lowest BCUT2D eigenvalue weighted by atomic mass is 9.78. The van der Waals surface area contributed by atoms with E-state index in [1.54, 1.807) is 0 Å². The van der Waals surface area contributed by atoms with Gasteiger partial charge in [0.1, 0.15) is 0 Å². The molecule has 0 aromatic rings. The molecule has 4 heteroatoms. The Kier molecular flexibility index (Phi) is 5.34. The van der Waals surface area contributed by atoms with Crippen LogP contribution in [-0.2, 0) is 0 Å². The predicted molar refractivity (Wildman–Crippen MR) is 73.8 cm³/mol. The molecule has 0 radical (unpaired) electrons. The summed E-state index contributed by atoms with van der Waals surface area (Å²) in [5.74, 6) is 3.53. The van der Waals surface area contributed by atoms with E-state index in [2.05, 4.69) is 11.5 Å². The lowest BCUT2D eigenvalue weighted by molar-refractivity contribution is -0.0483. The Morgan fingerprint density at radius 2 is 1.84 bits per heavy atom. The van der Waals surface area contributed by atoms with Crippen LogP contribution in [0.2, 0.25) is 0 Å². The molecule has 2 nitrogen and oxygen atoms in total. The van der Waals surface area contributed by atoms with Gasteiger partial charge in [0, 0.05) is 18.9 Å². The minimum atomic E-state index is -2.45. The Hall–Kier alpha value is -0.480. The van der Waals surface area contributed by atoms with Crippen LogP contribution in [0.1, 0.15) is 64.2 Å². The third-order valence-corrected chi connectivity index (χ3v) is 4.64. The molecule has 19 heavy (non-hydrogen) atoms. The van der Waals surface area contributed by atoms with Gasteiger partial charge in [0.25, 0.3) is 0 Å². The number of nitrogens with one attached hydrogen (secondary N) is 1. The second kappa shape index (κ2) is 6.80. The Morgan fingerprint density at radius 3 is 2.53 bits per heavy atom. The smallest absolute Gasteiger partial charge is 0.248 e. The molecule has 0 aromatic heterocycles. The number of rotatable bonds is 3. The lowest BCUT2D eigenvalue weighted by Gasteiger charge is -2.35. The number of halogens is 2. The van der Waals surface area contributed by atoms with Crippen LogP contribution in [0.5, 0.6) is 0 Å². The first kappa shape index (κ1) is 14.9. The molecule has 1 unspecified atom stereocenters. The van der Waals surface area contributed by atoms with Crippen molar-refractivity contribution >= 4 is 0 Å². The summed E-state index contributed by atoms with van der Waals surface area (Å²) in [4.78, 5) is 0. The fraction of sp³-hybridized carbons (Fsp3) is 0.867. The van der Waals surface area contributed by atoms with Crippen molar-refractivity contribution in [1.29, 1.82) is 0 Å². The highest BCUT2D eigenvalue weighted by Gasteiger charge is 2.38. The van der Waals surface area contributed by atoms with E-state index in [1.165, 1.54) is 31.3 Å². The van der Waals surface area contributed by atoms with Crippen molar-refractivity contribution in [1.82, 2.24) is 5.43 Å². The topological polar surface area (TPSA) is 38.0 Å². The summed E-state index contributed by atoms with van der Waals surface area (Å²) in [5.41, 5.74) is 4.26. The zero-order chi connectivity index (χ0) is 13.7. The quantitative estimate of drug-likeness (QED) is 0.464. The van der Waals surface area contributed by atoms with E-state index in [1.807, 2.05) is 0 Å². The maximum absolute atomic E-state index is 13.2. The highest BCUT2D eigenvalue weighted by molar-refractivity contribution is 5.13. The molecule has 2 aliphatic rings. The summed E-state index contributed by atoms with van der Waals surface area (Å²) in [6.07, 6.45) is 10.7. The highest BCUT2D eigenvalue weighted by atomic mass is 19.3. The Bertz CT molecular complexity index is 305. The second-order valence-electron chi connectivity index (χ2n) is 6.07. The summed E-state index contributed by atoms with van der Waals surface area (Å²) in [5, 5.41) is 0. The van der Waals surface area contributed by atoms with E-state index in [-0.39, 0.29) is 24.8 Å². The van der Waals surface area contributed by atoms with Crippen molar-refractivity contribution in [3.63, 3.8) is 0 Å². The van der Waals surface area contributed by atoms with E-state index >= 15 is 0 Å². The Labute approximate surface area is 114 Å². The molecule has 2 aliphatic carbocycles. The predicted octanol–water partition coefficient (Wildman–Crippen LogP) is 3.92. The van der Waals surface area contributed by atoms with Crippen LogP contribution in [0.15, 0.2) is 11.6 Å². The largest absolute Gasteiger partial charge is 0.271 e. The van der Waals surface area contributed by atoms with Crippen molar-refractivity contribution in [3.05, 3.63) is 11.6 Å². The third-order valence-electron chi connectivity index (χ3n) is 4.64. The molecule has 1 saturated carbocycles. The summed E-state index contributed by atoms with van der Waals surface area (Å²) < 4.78 is 26.5. The number of hydrogen-bond donors (Lipinski definition) is 2. The van der Waals surface area contributed by atoms with E-state index in [0.29, 0.717) is 12.8 Å². The molecule has 110 valence electrons. The molecule has 2 rings (SSSR count). The fourth-order valence-electron chi connectivity index (χ4n) is 3.44. The maximum Gasteiger partial charge on any atom is 0.248 e. The van der Waals surface area contributed by atoms with Crippen LogP contribution >= 0.6 is 0 Å². The van der Waals surface area contributed by atoms with Crippen LogP contribution in [0.4, 0.5) is 8.78 Å². The van der Waals surface area contributed by atoms with Gasteiger partial charge in [0.05, 0.1) is 0 Å². The second-order valence-corrected chi connectivity index (χ2v) is 6.07. The molecule has 1 atom stereocenters. The summed E-state index contributed by atoms with van der Waals surface area (Å²) in [6.45, 7) is 0. The molecule has 1 fully saturated rings. The molecule has 0 aromatic carbocycles. The molecule has 0 saturated heterocycles. The molecule has 3 N–H and O–H groups in total. The normalized spacial score (nSPS) is 27.2. The zero-order valence-corrected chi connectivity index (χ0v) is 11.6. The summed E-state index contributed by atoms with van der Waals surface area (Å²) in [6, 6.07) is 0.106. The van der Waals surface area contributed by atoms with Crippen molar-refractivity contribution in [3.8, 4) is 0 Å². The number of hydrazine groups is 1. The Balaban J connectivity index is 1.98. The summed E-state index contributed by atoms with van der Waals surface area (Å²) in [7, 11) is 0. The number of nitrogens with two attached hydrogens (primary N) is 1. The zero-order valence-electron chi connectivity index (χ0n) is 11.6. The van der Waals surface area contributed by atoms with E-state index < -0.39 is 5.92 Å². The first-order chi connectivity index (χ1) is 9.12. The Morgan fingerprint density at radius 1 is 1.16 bits per heavy atom. The van der Waals surface area contributed by atoms with Gasteiger partial charge in [0.2, 0.25) is 5.92 Å². The van der Waals surface area contributed by atoms with Crippen LogP contribution in [-0.4, -0.2) is 12.0 Å². The van der Waals surface area contributed by atoms with Crippen molar-refractivity contribution in [2.75, 3.05) is 0 Å². The minimum absolute atomic E-state index is 0.0170. The SMILES string of the molecule is NNC(C1=CCCCCCC1)C1CCC(F)(F)CC1.